The fourth-order valence-electron chi connectivity index (χ4n) is 3.12. The molecule has 1 aliphatic rings. The summed E-state index contributed by atoms with van der Waals surface area (Å²) in [6.07, 6.45) is 3.81. The molecular weight excluding hydrogens is 282 g/mol. The summed E-state index contributed by atoms with van der Waals surface area (Å²) >= 11 is 6.02. The topological polar surface area (TPSA) is 51.8 Å². The minimum absolute atomic E-state index is 0.0316. The zero-order chi connectivity index (χ0) is 15.2. The van der Waals surface area contributed by atoms with E-state index in [1.807, 2.05) is 31.3 Å². The van der Waals surface area contributed by atoms with Crippen molar-refractivity contribution in [1.82, 2.24) is 9.97 Å². The van der Waals surface area contributed by atoms with E-state index in [9.17, 15) is 0 Å². The van der Waals surface area contributed by atoms with Gasteiger partial charge in [-0.3, -0.25) is 0 Å². The SMILES string of the molecule is Cc1cc(Cl)ccc1-c1ncc2c(n1)CC(C)(C)CC2N. The van der Waals surface area contributed by atoms with E-state index >= 15 is 0 Å². The third-order valence-corrected chi connectivity index (χ3v) is 4.38. The molecule has 2 N–H and O–H groups in total. The van der Waals surface area contributed by atoms with Crippen LogP contribution in [-0.4, -0.2) is 9.97 Å². The number of rotatable bonds is 1. The average Bonchev–Trinajstić information content (AvgIpc) is 2.36. The van der Waals surface area contributed by atoms with Crippen molar-refractivity contribution >= 4 is 11.6 Å². The van der Waals surface area contributed by atoms with Crippen LogP contribution in [0.5, 0.6) is 0 Å². The van der Waals surface area contributed by atoms with Gasteiger partial charge in [-0.1, -0.05) is 25.4 Å². The van der Waals surface area contributed by atoms with E-state index < -0.39 is 0 Å². The molecule has 0 spiro atoms. The molecule has 0 radical (unpaired) electrons. The van der Waals surface area contributed by atoms with E-state index in [-0.39, 0.29) is 11.5 Å². The van der Waals surface area contributed by atoms with E-state index in [1.54, 1.807) is 0 Å². The number of benzene rings is 1. The first-order valence-corrected chi connectivity index (χ1v) is 7.61. The second kappa shape index (κ2) is 5.08. The Kier molecular flexibility index (Phi) is 3.50. The molecule has 110 valence electrons. The molecule has 0 aliphatic heterocycles. The minimum Gasteiger partial charge on any atom is -0.324 e. The number of hydrogen-bond acceptors (Lipinski definition) is 3. The van der Waals surface area contributed by atoms with Crippen LogP contribution >= 0.6 is 11.6 Å². The molecule has 0 amide bonds. The molecule has 3 rings (SSSR count). The summed E-state index contributed by atoms with van der Waals surface area (Å²) in [4.78, 5) is 9.30. The number of aromatic nitrogens is 2. The molecule has 0 bridgehead atoms. The van der Waals surface area contributed by atoms with Crippen molar-refractivity contribution in [2.24, 2.45) is 11.1 Å². The molecule has 0 saturated heterocycles. The van der Waals surface area contributed by atoms with Crippen LogP contribution in [0, 0.1) is 12.3 Å². The Balaban J connectivity index is 2.07. The normalized spacial score (nSPS) is 20.1. The minimum atomic E-state index is 0.0316. The van der Waals surface area contributed by atoms with Gasteiger partial charge in [0, 0.05) is 34.1 Å². The smallest absolute Gasteiger partial charge is 0.159 e. The molecule has 0 saturated carbocycles. The number of nitrogens with two attached hydrogens (primary N) is 1. The Morgan fingerprint density at radius 3 is 2.81 bits per heavy atom. The van der Waals surface area contributed by atoms with Crippen LogP contribution in [0.1, 0.15) is 43.1 Å². The van der Waals surface area contributed by atoms with Gasteiger partial charge < -0.3 is 5.73 Å². The maximum Gasteiger partial charge on any atom is 0.159 e. The lowest BCUT2D eigenvalue weighted by molar-refractivity contribution is 0.278. The van der Waals surface area contributed by atoms with Crippen LogP contribution in [0.4, 0.5) is 0 Å². The second-order valence-corrected chi connectivity index (χ2v) is 7.14. The lowest BCUT2D eigenvalue weighted by Crippen LogP contribution is -2.30. The maximum absolute atomic E-state index is 6.26. The van der Waals surface area contributed by atoms with Gasteiger partial charge in [0.05, 0.1) is 0 Å². The molecule has 1 unspecified atom stereocenters. The highest BCUT2D eigenvalue weighted by atomic mass is 35.5. The van der Waals surface area contributed by atoms with Gasteiger partial charge >= 0.3 is 0 Å². The molecule has 1 atom stereocenters. The van der Waals surface area contributed by atoms with Crippen molar-refractivity contribution in [2.75, 3.05) is 0 Å². The Bertz CT molecular complexity index is 694. The molecule has 0 fully saturated rings. The van der Waals surface area contributed by atoms with Crippen molar-refractivity contribution in [3.63, 3.8) is 0 Å². The third-order valence-electron chi connectivity index (χ3n) is 4.15. The highest BCUT2D eigenvalue weighted by Gasteiger charge is 2.31. The highest BCUT2D eigenvalue weighted by molar-refractivity contribution is 6.30. The van der Waals surface area contributed by atoms with E-state index in [1.165, 1.54) is 0 Å². The van der Waals surface area contributed by atoms with Crippen molar-refractivity contribution in [3.05, 3.63) is 46.2 Å². The Hall–Kier alpha value is -1.45. The summed E-state index contributed by atoms with van der Waals surface area (Å²) in [5.74, 6) is 0.757. The van der Waals surface area contributed by atoms with Crippen LogP contribution in [0.2, 0.25) is 5.02 Å². The standard InChI is InChI=1S/C17H20ClN3/c1-10-6-11(18)4-5-12(10)16-20-9-13-14(19)7-17(2,3)8-15(13)21-16/h4-6,9,14H,7-8,19H2,1-3H3. The predicted molar refractivity (Wildman–Crippen MR) is 86.2 cm³/mol. The number of aryl methyl sites for hydroxylation is 1. The van der Waals surface area contributed by atoms with E-state index in [0.717, 1.165) is 46.1 Å². The van der Waals surface area contributed by atoms with Gasteiger partial charge in [-0.05, 0) is 48.9 Å². The number of halogens is 1. The van der Waals surface area contributed by atoms with Crippen LogP contribution in [0.25, 0.3) is 11.4 Å². The highest BCUT2D eigenvalue weighted by Crippen LogP contribution is 2.39. The molecule has 3 nitrogen and oxygen atoms in total. The predicted octanol–water partition coefficient (Wildman–Crippen LogP) is 4.08. The molecular formula is C17H20ClN3. The zero-order valence-corrected chi connectivity index (χ0v) is 13.4. The van der Waals surface area contributed by atoms with Gasteiger partial charge in [-0.2, -0.15) is 0 Å². The monoisotopic (exact) mass is 301 g/mol. The van der Waals surface area contributed by atoms with Crippen LogP contribution < -0.4 is 5.73 Å². The fourth-order valence-corrected chi connectivity index (χ4v) is 3.34. The molecule has 2 aromatic rings. The van der Waals surface area contributed by atoms with Gasteiger partial charge in [0.25, 0.3) is 0 Å². The zero-order valence-electron chi connectivity index (χ0n) is 12.7. The summed E-state index contributed by atoms with van der Waals surface area (Å²) in [7, 11) is 0. The van der Waals surface area contributed by atoms with Gasteiger partial charge in [-0.15, -0.1) is 0 Å². The first-order chi connectivity index (χ1) is 9.85. The Morgan fingerprint density at radius 2 is 2.10 bits per heavy atom. The first-order valence-electron chi connectivity index (χ1n) is 7.24. The van der Waals surface area contributed by atoms with Crippen molar-refractivity contribution in [2.45, 2.75) is 39.7 Å². The molecule has 1 aromatic heterocycles. The van der Waals surface area contributed by atoms with Crippen molar-refractivity contribution < 1.29 is 0 Å². The largest absolute Gasteiger partial charge is 0.324 e. The van der Waals surface area contributed by atoms with Gasteiger partial charge in [-0.25, -0.2) is 9.97 Å². The molecule has 4 heteroatoms. The quantitative estimate of drug-likeness (QED) is 0.863. The fraction of sp³-hybridized carbons (Fsp3) is 0.412. The lowest BCUT2D eigenvalue weighted by atomic mass is 9.74. The maximum atomic E-state index is 6.26. The Labute approximate surface area is 130 Å². The summed E-state index contributed by atoms with van der Waals surface area (Å²) in [6.45, 7) is 6.51. The van der Waals surface area contributed by atoms with E-state index in [2.05, 4.69) is 18.8 Å². The third kappa shape index (κ3) is 2.81. The summed E-state index contributed by atoms with van der Waals surface area (Å²) in [5.41, 5.74) is 10.7. The molecule has 1 aromatic carbocycles. The molecule has 21 heavy (non-hydrogen) atoms. The second-order valence-electron chi connectivity index (χ2n) is 6.71. The van der Waals surface area contributed by atoms with E-state index in [0.29, 0.717) is 0 Å². The van der Waals surface area contributed by atoms with Crippen LogP contribution in [0.3, 0.4) is 0 Å². The van der Waals surface area contributed by atoms with Gasteiger partial charge in [0.1, 0.15) is 0 Å². The Morgan fingerprint density at radius 1 is 1.33 bits per heavy atom. The number of nitrogens with zero attached hydrogens (tertiary/aromatic N) is 2. The number of hydrogen-bond donors (Lipinski definition) is 1. The average molecular weight is 302 g/mol. The summed E-state index contributed by atoms with van der Waals surface area (Å²) < 4.78 is 0. The van der Waals surface area contributed by atoms with Gasteiger partial charge in [0.15, 0.2) is 5.82 Å². The summed E-state index contributed by atoms with van der Waals surface area (Å²) in [6, 6.07) is 5.83. The van der Waals surface area contributed by atoms with Gasteiger partial charge in [0.2, 0.25) is 0 Å². The van der Waals surface area contributed by atoms with Crippen LogP contribution in [-0.2, 0) is 6.42 Å². The molecule has 1 heterocycles. The van der Waals surface area contributed by atoms with Crippen molar-refractivity contribution in [1.29, 1.82) is 0 Å². The van der Waals surface area contributed by atoms with E-state index in [4.69, 9.17) is 22.3 Å². The number of fused-ring (bicyclic) bond motifs is 1. The molecule has 1 aliphatic carbocycles. The summed E-state index contributed by atoms with van der Waals surface area (Å²) in [5, 5.41) is 0.734. The first kappa shape index (κ1) is 14.5. The van der Waals surface area contributed by atoms with Crippen molar-refractivity contribution in [3.8, 4) is 11.4 Å². The van der Waals surface area contributed by atoms with Crippen LogP contribution in [0.15, 0.2) is 24.4 Å². The lowest BCUT2D eigenvalue weighted by Gasteiger charge is -2.34.